The Morgan fingerprint density at radius 3 is 2.82 bits per heavy atom. The summed E-state index contributed by atoms with van der Waals surface area (Å²) in [5, 5.41) is 9.76. The van der Waals surface area contributed by atoms with E-state index in [1.165, 1.54) is 38.6 Å². The summed E-state index contributed by atoms with van der Waals surface area (Å²) in [5.41, 5.74) is -1.25. The van der Waals surface area contributed by atoms with E-state index >= 15 is 0 Å². The van der Waals surface area contributed by atoms with Gasteiger partial charge in [0.05, 0.1) is 12.2 Å². The van der Waals surface area contributed by atoms with Crippen molar-refractivity contribution in [3.63, 3.8) is 0 Å². The van der Waals surface area contributed by atoms with Crippen molar-refractivity contribution >= 4 is 10.0 Å². The number of nitrogens with zero attached hydrogens (tertiary/aromatic N) is 1. The fourth-order valence-corrected chi connectivity index (χ4v) is 2.33. The average molecular weight is 260 g/mol. The summed E-state index contributed by atoms with van der Waals surface area (Å²) in [6.07, 6.45) is 2.73. The Morgan fingerprint density at radius 2 is 2.29 bits per heavy atom. The molecule has 0 aliphatic carbocycles. The molecule has 0 aliphatic rings. The second-order valence-electron chi connectivity index (χ2n) is 3.94. The summed E-state index contributed by atoms with van der Waals surface area (Å²) < 4.78 is 30.6. The fraction of sp³-hybridized carbons (Fsp3) is 0.500. The molecule has 6 nitrogen and oxygen atoms in total. The number of pyridine rings is 1. The third kappa shape index (κ3) is 4.39. The second-order valence-corrected chi connectivity index (χ2v) is 5.71. The second kappa shape index (κ2) is 5.54. The number of sulfonamides is 1. The van der Waals surface area contributed by atoms with Crippen molar-refractivity contribution in [1.29, 1.82) is 0 Å². The minimum atomic E-state index is -3.64. The molecule has 17 heavy (non-hydrogen) atoms. The Bertz CT molecular complexity index is 445. The quantitative estimate of drug-likeness (QED) is 0.737. The molecule has 1 heterocycles. The van der Waals surface area contributed by atoms with Crippen molar-refractivity contribution in [3.05, 3.63) is 24.5 Å². The SMILES string of the molecule is COC[C@](C)(O)CNS(=O)(=O)c1cccnc1. The highest BCUT2D eigenvalue weighted by Gasteiger charge is 2.24. The minimum Gasteiger partial charge on any atom is -0.386 e. The predicted octanol–water partition coefficient (Wildman–Crippen LogP) is -0.243. The molecule has 0 saturated carbocycles. The molecule has 0 fully saturated rings. The maximum atomic E-state index is 11.8. The van der Waals surface area contributed by atoms with Crippen LogP contribution in [0.25, 0.3) is 0 Å². The molecule has 0 bridgehead atoms. The predicted molar refractivity (Wildman–Crippen MR) is 61.9 cm³/mol. The van der Waals surface area contributed by atoms with Crippen molar-refractivity contribution in [1.82, 2.24) is 9.71 Å². The van der Waals surface area contributed by atoms with E-state index in [9.17, 15) is 13.5 Å². The fourth-order valence-electron chi connectivity index (χ4n) is 1.20. The van der Waals surface area contributed by atoms with Crippen LogP contribution in [0.15, 0.2) is 29.4 Å². The van der Waals surface area contributed by atoms with Gasteiger partial charge in [-0.3, -0.25) is 4.98 Å². The highest BCUT2D eigenvalue weighted by molar-refractivity contribution is 7.89. The summed E-state index contributed by atoms with van der Waals surface area (Å²) in [6, 6.07) is 2.96. The van der Waals surface area contributed by atoms with Crippen LogP contribution in [0.3, 0.4) is 0 Å². The van der Waals surface area contributed by atoms with E-state index in [0.29, 0.717) is 0 Å². The Hall–Kier alpha value is -1.02. The first-order chi connectivity index (χ1) is 7.87. The molecule has 0 unspecified atom stereocenters. The lowest BCUT2D eigenvalue weighted by Crippen LogP contribution is -2.43. The monoisotopic (exact) mass is 260 g/mol. The van der Waals surface area contributed by atoms with Crippen molar-refractivity contribution < 1.29 is 18.3 Å². The van der Waals surface area contributed by atoms with Gasteiger partial charge in [-0.15, -0.1) is 0 Å². The van der Waals surface area contributed by atoms with Gasteiger partial charge in [0.25, 0.3) is 0 Å². The van der Waals surface area contributed by atoms with Crippen molar-refractivity contribution in [2.75, 3.05) is 20.3 Å². The standard InChI is InChI=1S/C10H16N2O4S/c1-10(13,8-16-2)7-12-17(14,15)9-4-3-5-11-6-9/h3-6,12-13H,7-8H2,1-2H3/t10-/m1/s1. The van der Waals surface area contributed by atoms with Gasteiger partial charge < -0.3 is 9.84 Å². The number of aliphatic hydroxyl groups is 1. The van der Waals surface area contributed by atoms with Crippen molar-refractivity contribution in [2.24, 2.45) is 0 Å². The summed E-state index contributed by atoms with van der Waals surface area (Å²) in [5.74, 6) is 0. The van der Waals surface area contributed by atoms with Gasteiger partial charge in [0.15, 0.2) is 0 Å². The van der Waals surface area contributed by atoms with E-state index < -0.39 is 15.6 Å². The number of nitrogens with one attached hydrogen (secondary N) is 1. The van der Waals surface area contributed by atoms with E-state index in [1.54, 1.807) is 0 Å². The number of methoxy groups -OCH3 is 1. The Morgan fingerprint density at radius 1 is 1.59 bits per heavy atom. The molecule has 0 radical (unpaired) electrons. The van der Waals surface area contributed by atoms with Gasteiger partial charge in [-0.25, -0.2) is 13.1 Å². The van der Waals surface area contributed by atoms with Gasteiger partial charge in [0.1, 0.15) is 4.90 Å². The van der Waals surface area contributed by atoms with Crippen LogP contribution in [-0.2, 0) is 14.8 Å². The summed E-state index contributed by atoms with van der Waals surface area (Å²) in [4.78, 5) is 3.79. The Labute approximate surface area is 101 Å². The van der Waals surface area contributed by atoms with Gasteiger partial charge >= 0.3 is 0 Å². The first kappa shape index (κ1) is 14.0. The first-order valence-electron chi connectivity index (χ1n) is 4.98. The molecule has 0 amide bonds. The maximum Gasteiger partial charge on any atom is 0.242 e. The van der Waals surface area contributed by atoms with Gasteiger partial charge in [-0.1, -0.05) is 0 Å². The van der Waals surface area contributed by atoms with Crippen LogP contribution in [0.2, 0.25) is 0 Å². The van der Waals surface area contributed by atoms with Crippen LogP contribution in [0, 0.1) is 0 Å². The molecular weight excluding hydrogens is 244 g/mol. The third-order valence-electron chi connectivity index (χ3n) is 2.04. The molecule has 1 aromatic rings. The lowest BCUT2D eigenvalue weighted by atomic mass is 10.1. The van der Waals surface area contributed by atoms with Gasteiger partial charge in [-0.05, 0) is 19.1 Å². The van der Waals surface area contributed by atoms with Crippen LogP contribution in [0.4, 0.5) is 0 Å². The smallest absolute Gasteiger partial charge is 0.242 e. The maximum absolute atomic E-state index is 11.8. The highest BCUT2D eigenvalue weighted by atomic mass is 32.2. The number of ether oxygens (including phenoxy) is 1. The first-order valence-corrected chi connectivity index (χ1v) is 6.47. The Kier molecular flexibility index (Phi) is 4.58. The van der Waals surface area contributed by atoms with Gasteiger partial charge in [0, 0.05) is 26.0 Å². The molecule has 7 heteroatoms. The molecule has 0 spiro atoms. The lowest BCUT2D eigenvalue weighted by molar-refractivity contribution is -0.0119. The molecule has 0 aromatic carbocycles. The molecular formula is C10H16N2O4S. The summed E-state index contributed by atoms with van der Waals surface area (Å²) in [7, 11) is -2.21. The zero-order chi connectivity index (χ0) is 12.9. The number of aromatic nitrogens is 1. The van der Waals surface area contributed by atoms with Crippen molar-refractivity contribution in [2.45, 2.75) is 17.4 Å². The molecule has 1 atom stereocenters. The molecule has 1 aromatic heterocycles. The number of hydrogen-bond donors (Lipinski definition) is 2. The lowest BCUT2D eigenvalue weighted by Gasteiger charge is -2.22. The van der Waals surface area contributed by atoms with Crippen LogP contribution in [0.5, 0.6) is 0 Å². The van der Waals surface area contributed by atoms with E-state index in [2.05, 4.69) is 9.71 Å². The Balaban J connectivity index is 2.69. The normalized spacial score (nSPS) is 15.5. The third-order valence-corrected chi connectivity index (χ3v) is 3.43. The van der Waals surface area contributed by atoms with Crippen molar-refractivity contribution in [3.8, 4) is 0 Å². The average Bonchev–Trinajstić information content (AvgIpc) is 2.28. The summed E-state index contributed by atoms with van der Waals surface area (Å²) >= 11 is 0. The number of hydrogen-bond acceptors (Lipinski definition) is 5. The topological polar surface area (TPSA) is 88.5 Å². The summed E-state index contributed by atoms with van der Waals surface area (Å²) in [6.45, 7) is 1.41. The van der Waals surface area contributed by atoms with Gasteiger partial charge in [-0.2, -0.15) is 0 Å². The van der Waals surface area contributed by atoms with Gasteiger partial charge in [0.2, 0.25) is 10.0 Å². The minimum absolute atomic E-state index is 0.0442. The molecule has 96 valence electrons. The van der Waals surface area contributed by atoms with Crippen LogP contribution < -0.4 is 4.72 Å². The molecule has 2 N–H and O–H groups in total. The molecule has 1 rings (SSSR count). The van der Waals surface area contributed by atoms with Crippen LogP contribution in [0.1, 0.15) is 6.92 Å². The largest absolute Gasteiger partial charge is 0.386 e. The van der Waals surface area contributed by atoms with Crippen LogP contribution in [-0.4, -0.2) is 44.4 Å². The van der Waals surface area contributed by atoms with E-state index in [0.717, 1.165) is 0 Å². The molecule has 0 saturated heterocycles. The zero-order valence-electron chi connectivity index (χ0n) is 9.75. The number of rotatable bonds is 6. The van der Waals surface area contributed by atoms with E-state index in [4.69, 9.17) is 4.74 Å². The highest BCUT2D eigenvalue weighted by Crippen LogP contribution is 2.08. The zero-order valence-corrected chi connectivity index (χ0v) is 10.6. The van der Waals surface area contributed by atoms with E-state index in [1.807, 2.05) is 0 Å². The van der Waals surface area contributed by atoms with Crippen LogP contribution >= 0.6 is 0 Å². The van der Waals surface area contributed by atoms with E-state index in [-0.39, 0.29) is 18.0 Å². The molecule has 0 aliphatic heterocycles.